The molecule has 1 aliphatic carbocycles. The van der Waals surface area contributed by atoms with Gasteiger partial charge in [0.2, 0.25) is 10.0 Å². The van der Waals surface area contributed by atoms with Crippen molar-refractivity contribution in [3.05, 3.63) is 29.6 Å². The first kappa shape index (κ1) is 15.4. The molecule has 1 aromatic rings. The number of benzene rings is 1. The maximum absolute atomic E-state index is 14.0. The van der Waals surface area contributed by atoms with Crippen molar-refractivity contribution in [1.29, 1.82) is 0 Å². The molecule has 0 heterocycles. The lowest BCUT2D eigenvalue weighted by atomic mass is 10.2. The maximum Gasteiger partial charge on any atom is 0.243 e. The van der Waals surface area contributed by atoms with Crippen molar-refractivity contribution >= 4 is 10.0 Å². The van der Waals surface area contributed by atoms with E-state index in [-0.39, 0.29) is 10.3 Å². The molecular formula is C14H21FN2O2S. The van der Waals surface area contributed by atoms with Crippen LogP contribution in [0.25, 0.3) is 0 Å². The molecule has 0 saturated heterocycles. The molecule has 0 atom stereocenters. The molecule has 0 amide bonds. The molecule has 4 nitrogen and oxygen atoms in total. The third-order valence-corrected chi connectivity index (χ3v) is 5.09. The molecule has 0 aliphatic heterocycles. The Hall–Kier alpha value is -0.980. The zero-order chi connectivity index (χ0) is 14.8. The van der Waals surface area contributed by atoms with E-state index in [9.17, 15) is 12.8 Å². The van der Waals surface area contributed by atoms with Gasteiger partial charge in [-0.3, -0.25) is 0 Å². The number of hydrogen-bond acceptors (Lipinski definition) is 3. The summed E-state index contributed by atoms with van der Waals surface area (Å²) < 4.78 is 40.6. The lowest BCUT2D eigenvalue weighted by Crippen LogP contribution is -2.29. The Bertz CT molecular complexity index is 583. The smallest absolute Gasteiger partial charge is 0.243 e. The summed E-state index contributed by atoms with van der Waals surface area (Å²) in [4.78, 5) is -0.276. The van der Waals surface area contributed by atoms with Gasteiger partial charge in [0.25, 0.3) is 0 Å². The van der Waals surface area contributed by atoms with Crippen molar-refractivity contribution in [3.8, 4) is 0 Å². The molecule has 1 saturated carbocycles. The van der Waals surface area contributed by atoms with Crippen LogP contribution in [-0.2, 0) is 16.6 Å². The molecule has 2 rings (SSSR count). The van der Waals surface area contributed by atoms with Crippen molar-refractivity contribution < 1.29 is 12.8 Å². The molecule has 1 fully saturated rings. The van der Waals surface area contributed by atoms with Crippen LogP contribution in [0.2, 0.25) is 0 Å². The second kappa shape index (κ2) is 5.79. The maximum atomic E-state index is 14.0. The molecule has 20 heavy (non-hydrogen) atoms. The van der Waals surface area contributed by atoms with Gasteiger partial charge in [0.15, 0.2) is 0 Å². The summed E-state index contributed by atoms with van der Waals surface area (Å²) in [5.41, 5.74) is 0.784. The van der Waals surface area contributed by atoms with Crippen LogP contribution >= 0.6 is 0 Å². The van der Waals surface area contributed by atoms with Crippen LogP contribution in [0, 0.1) is 11.2 Å². The molecule has 0 bridgehead atoms. The third-order valence-electron chi connectivity index (χ3n) is 3.66. The van der Waals surface area contributed by atoms with E-state index >= 15 is 0 Å². The van der Waals surface area contributed by atoms with Crippen LogP contribution in [0.3, 0.4) is 0 Å². The highest BCUT2D eigenvalue weighted by Crippen LogP contribution is 2.44. The van der Waals surface area contributed by atoms with E-state index in [1.165, 1.54) is 12.1 Å². The molecule has 1 aliphatic rings. The van der Waals surface area contributed by atoms with Crippen molar-refractivity contribution in [2.75, 3.05) is 13.1 Å². The molecular weight excluding hydrogens is 279 g/mol. The van der Waals surface area contributed by atoms with Gasteiger partial charge in [0.1, 0.15) is 10.7 Å². The molecule has 112 valence electrons. The lowest BCUT2D eigenvalue weighted by molar-refractivity contribution is 0.521. The minimum Gasteiger partial charge on any atom is -0.313 e. The van der Waals surface area contributed by atoms with Gasteiger partial charge in [-0.1, -0.05) is 19.9 Å². The van der Waals surface area contributed by atoms with Gasteiger partial charge in [-0.15, -0.1) is 0 Å². The highest BCUT2D eigenvalue weighted by molar-refractivity contribution is 7.89. The van der Waals surface area contributed by atoms with Crippen molar-refractivity contribution in [2.45, 2.75) is 38.1 Å². The zero-order valence-electron chi connectivity index (χ0n) is 11.9. The zero-order valence-corrected chi connectivity index (χ0v) is 12.7. The summed E-state index contributed by atoms with van der Waals surface area (Å²) in [6.07, 6.45) is 2.03. The average Bonchev–Trinajstić information content (AvgIpc) is 3.13. The topological polar surface area (TPSA) is 58.2 Å². The molecule has 0 radical (unpaired) electrons. The Balaban J connectivity index is 2.10. The van der Waals surface area contributed by atoms with Gasteiger partial charge in [-0.2, -0.15) is 0 Å². The summed E-state index contributed by atoms with van der Waals surface area (Å²) in [6, 6.07) is 4.24. The molecule has 6 heteroatoms. The summed E-state index contributed by atoms with van der Waals surface area (Å²) in [5.74, 6) is -0.700. The Morgan fingerprint density at radius 3 is 2.60 bits per heavy atom. The Morgan fingerprint density at radius 1 is 1.35 bits per heavy atom. The van der Waals surface area contributed by atoms with E-state index in [2.05, 4.69) is 10.0 Å². The van der Waals surface area contributed by atoms with E-state index in [0.717, 1.165) is 24.9 Å². The van der Waals surface area contributed by atoms with E-state index in [0.29, 0.717) is 13.1 Å². The monoisotopic (exact) mass is 300 g/mol. The number of sulfonamides is 1. The van der Waals surface area contributed by atoms with E-state index in [1.54, 1.807) is 6.07 Å². The van der Waals surface area contributed by atoms with Gasteiger partial charge in [0, 0.05) is 13.1 Å². The van der Waals surface area contributed by atoms with E-state index in [1.807, 2.05) is 13.8 Å². The Labute approximate surface area is 119 Å². The highest BCUT2D eigenvalue weighted by Gasteiger charge is 2.38. The predicted molar refractivity (Wildman–Crippen MR) is 76.3 cm³/mol. The number of halogens is 1. The lowest BCUT2D eigenvalue weighted by Gasteiger charge is -2.12. The van der Waals surface area contributed by atoms with Crippen molar-refractivity contribution in [3.63, 3.8) is 0 Å². The molecule has 2 N–H and O–H groups in total. The van der Waals surface area contributed by atoms with E-state index < -0.39 is 15.8 Å². The number of rotatable bonds is 7. The van der Waals surface area contributed by atoms with Crippen LogP contribution in [0.15, 0.2) is 23.1 Å². The summed E-state index contributed by atoms with van der Waals surface area (Å²) >= 11 is 0. The summed E-state index contributed by atoms with van der Waals surface area (Å²) in [5, 5.41) is 3.07. The van der Waals surface area contributed by atoms with E-state index in [4.69, 9.17) is 0 Å². The molecule has 1 aromatic carbocycles. The quantitative estimate of drug-likeness (QED) is 0.810. The van der Waals surface area contributed by atoms with Crippen LogP contribution in [-0.4, -0.2) is 21.5 Å². The van der Waals surface area contributed by atoms with Crippen molar-refractivity contribution in [2.24, 2.45) is 5.41 Å². The Morgan fingerprint density at radius 2 is 2.05 bits per heavy atom. The first-order valence-electron chi connectivity index (χ1n) is 6.85. The summed E-state index contributed by atoms with van der Waals surface area (Å²) in [6.45, 7) is 5.65. The first-order valence-corrected chi connectivity index (χ1v) is 8.33. The minimum atomic E-state index is -3.77. The fourth-order valence-electron chi connectivity index (χ4n) is 1.88. The second-order valence-corrected chi connectivity index (χ2v) is 7.42. The molecule has 0 spiro atoms. The third kappa shape index (κ3) is 3.77. The second-order valence-electron chi connectivity index (χ2n) is 5.68. The van der Waals surface area contributed by atoms with Gasteiger partial charge < -0.3 is 5.32 Å². The van der Waals surface area contributed by atoms with Crippen LogP contribution in [0.1, 0.15) is 32.3 Å². The molecule has 0 unspecified atom stereocenters. The largest absolute Gasteiger partial charge is 0.313 e. The summed E-state index contributed by atoms with van der Waals surface area (Å²) in [7, 11) is -3.77. The minimum absolute atomic E-state index is 0.0501. The first-order chi connectivity index (χ1) is 9.36. The van der Waals surface area contributed by atoms with Gasteiger partial charge in [-0.05, 0) is 42.5 Å². The number of hydrogen-bond donors (Lipinski definition) is 2. The predicted octanol–water partition coefficient (Wildman–Crippen LogP) is 2.01. The van der Waals surface area contributed by atoms with Gasteiger partial charge >= 0.3 is 0 Å². The average molecular weight is 300 g/mol. The molecule has 0 aromatic heterocycles. The van der Waals surface area contributed by atoms with Gasteiger partial charge in [-0.25, -0.2) is 17.5 Å². The fourth-order valence-corrected chi connectivity index (χ4v) is 3.14. The van der Waals surface area contributed by atoms with Gasteiger partial charge in [0.05, 0.1) is 0 Å². The number of nitrogens with one attached hydrogen (secondary N) is 2. The normalized spacial score (nSPS) is 17.1. The van der Waals surface area contributed by atoms with Crippen LogP contribution in [0.5, 0.6) is 0 Å². The highest BCUT2D eigenvalue weighted by atomic mass is 32.2. The SMILES string of the molecule is CCNCc1ccc(S(=O)(=O)NCC2(C)CC2)c(F)c1. The Kier molecular flexibility index (Phi) is 4.46. The van der Waals surface area contributed by atoms with Crippen molar-refractivity contribution in [1.82, 2.24) is 10.0 Å². The standard InChI is InChI=1S/C14H21FN2O2S/c1-3-16-9-11-4-5-13(12(15)8-11)20(18,19)17-10-14(2)6-7-14/h4-5,8,16-17H,3,6-7,9-10H2,1-2H3. The van der Waals surface area contributed by atoms with Crippen LogP contribution in [0.4, 0.5) is 4.39 Å². The van der Waals surface area contributed by atoms with Crippen LogP contribution < -0.4 is 10.0 Å². The fraction of sp³-hybridized carbons (Fsp3) is 0.571.